The molecule has 1 N–H and O–H groups in total. The molecule has 1 aliphatic rings. The number of benzene rings is 2. The second kappa shape index (κ2) is 9.93. The van der Waals surface area contributed by atoms with Crippen LogP contribution < -0.4 is 14.8 Å². The first-order valence-electron chi connectivity index (χ1n) is 10.8. The van der Waals surface area contributed by atoms with Gasteiger partial charge in [0.1, 0.15) is 0 Å². The van der Waals surface area contributed by atoms with Crippen LogP contribution in [-0.2, 0) is 12.6 Å². The molecule has 0 unspecified atom stereocenters. The Morgan fingerprint density at radius 2 is 1.94 bits per heavy atom. The first-order valence-corrected chi connectivity index (χ1v) is 10.8. The van der Waals surface area contributed by atoms with Crippen molar-refractivity contribution < 1.29 is 36.2 Å². The number of alkyl halides is 5. The maximum absolute atomic E-state index is 13.2. The van der Waals surface area contributed by atoms with Crippen LogP contribution in [0.1, 0.15) is 45.9 Å². The van der Waals surface area contributed by atoms with Crippen LogP contribution >= 0.6 is 0 Å². The second-order valence-corrected chi connectivity index (χ2v) is 8.05. The van der Waals surface area contributed by atoms with Crippen molar-refractivity contribution in [2.24, 2.45) is 0 Å². The third-order valence-electron chi connectivity index (χ3n) is 5.58. The van der Waals surface area contributed by atoms with Gasteiger partial charge in [-0.1, -0.05) is 12.1 Å². The average Bonchev–Trinajstić information content (AvgIpc) is 3.55. The fraction of sp³-hybridized carbons (Fsp3) is 0.333. The van der Waals surface area contributed by atoms with Gasteiger partial charge in [0.15, 0.2) is 11.5 Å². The Kier molecular flexibility index (Phi) is 6.95. The molecule has 0 aliphatic heterocycles. The molecular formula is C24H22F5N3O3. The number of halogens is 5. The summed E-state index contributed by atoms with van der Waals surface area (Å²) in [6, 6.07) is 9.38. The van der Waals surface area contributed by atoms with E-state index in [0.29, 0.717) is 23.2 Å². The predicted octanol–water partition coefficient (Wildman–Crippen LogP) is 5.35. The Morgan fingerprint density at radius 3 is 2.60 bits per heavy atom. The number of hydrogen-bond acceptors (Lipinski definition) is 4. The van der Waals surface area contributed by atoms with Gasteiger partial charge in [-0.05, 0) is 55.2 Å². The van der Waals surface area contributed by atoms with Gasteiger partial charge >= 0.3 is 12.8 Å². The van der Waals surface area contributed by atoms with E-state index >= 15 is 0 Å². The number of ether oxygens (including phenoxy) is 2. The summed E-state index contributed by atoms with van der Waals surface area (Å²) in [5.41, 5.74) is 0.933. The lowest BCUT2D eigenvalue weighted by Gasteiger charge is -2.13. The fourth-order valence-corrected chi connectivity index (χ4v) is 3.78. The van der Waals surface area contributed by atoms with Gasteiger partial charge in [0, 0.05) is 12.5 Å². The monoisotopic (exact) mass is 495 g/mol. The molecule has 0 saturated heterocycles. The van der Waals surface area contributed by atoms with Crippen LogP contribution in [0.25, 0.3) is 5.69 Å². The maximum atomic E-state index is 13.2. The van der Waals surface area contributed by atoms with Gasteiger partial charge in [0.25, 0.3) is 5.91 Å². The Labute approximate surface area is 197 Å². The van der Waals surface area contributed by atoms with E-state index in [-0.39, 0.29) is 29.6 Å². The van der Waals surface area contributed by atoms with Crippen LogP contribution in [0.15, 0.2) is 48.7 Å². The Morgan fingerprint density at radius 1 is 1.17 bits per heavy atom. The number of rotatable bonds is 9. The maximum Gasteiger partial charge on any atom is 0.416 e. The van der Waals surface area contributed by atoms with Gasteiger partial charge in [-0.3, -0.25) is 4.79 Å². The molecule has 6 nitrogen and oxygen atoms in total. The number of amides is 1. The van der Waals surface area contributed by atoms with Crippen molar-refractivity contribution in [3.8, 4) is 17.2 Å². The number of aromatic nitrogens is 2. The van der Waals surface area contributed by atoms with Gasteiger partial charge in [0.2, 0.25) is 0 Å². The minimum absolute atomic E-state index is 0.0310. The second-order valence-electron chi connectivity index (χ2n) is 8.05. The van der Waals surface area contributed by atoms with Crippen LogP contribution in [-0.4, -0.2) is 36.0 Å². The molecule has 0 radical (unpaired) electrons. The smallest absolute Gasteiger partial charge is 0.416 e. The highest BCUT2D eigenvalue weighted by Gasteiger charge is 2.34. The van der Waals surface area contributed by atoms with Crippen molar-refractivity contribution in [2.75, 3.05) is 13.7 Å². The summed E-state index contributed by atoms with van der Waals surface area (Å²) in [4.78, 5) is 12.9. The molecule has 1 heterocycles. The zero-order valence-corrected chi connectivity index (χ0v) is 18.6. The Hall–Kier alpha value is -3.63. The molecule has 0 atom stereocenters. The van der Waals surface area contributed by atoms with E-state index in [0.717, 1.165) is 25.0 Å². The summed E-state index contributed by atoms with van der Waals surface area (Å²) in [6.45, 7) is -2.81. The summed E-state index contributed by atoms with van der Waals surface area (Å²) < 4.78 is 75.6. The minimum Gasteiger partial charge on any atom is -0.493 e. The fourth-order valence-electron chi connectivity index (χ4n) is 3.78. The van der Waals surface area contributed by atoms with Crippen molar-refractivity contribution in [1.29, 1.82) is 0 Å². The van der Waals surface area contributed by atoms with Crippen LogP contribution in [0.2, 0.25) is 0 Å². The normalized spacial score (nSPS) is 13.7. The molecule has 1 amide bonds. The molecule has 1 saturated carbocycles. The summed E-state index contributed by atoms with van der Waals surface area (Å²) in [5, 5.41) is 6.97. The van der Waals surface area contributed by atoms with E-state index in [9.17, 15) is 26.7 Å². The number of carbonyl (C=O) groups excluding carboxylic acids is 1. The van der Waals surface area contributed by atoms with Gasteiger partial charge in [-0.2, -0.15) is 27.1 Å². The van der Waals surface area contributed by atoms with E-state index in [1.165, 1.54) is 42.3 Å². The van der Waals surface area contributed by atoms with Crippen molar-refractivity contribution in [3.05, 3.63) is 71.0 Å². The van der Waals surface area contributed by atoms with E-state index in [2.05, 4.69) is 15.2 Å². The number of nitrogens with one attached hydrogen (secondary N) is 1. The number of nitrogens with zero attached hydrogens (tertiary/aromatic N) is 2. The van der Waals surface area contributed by atoms with E-state index in [1.807, 2.05) is 0 Å². The standard InChI is InChI=1S/C24H22F5N3O3/c1-34-19-8-5-14(11-20(19)35-23(25)26)9-10-30-22(33)18-13-31-32(21(18)15-6-7-15)17-4-2-3-16(12-17)24(27,28)29/h2-5,8,11-13,15,23H,6-7,9-10H2,1H3,(H,30,33). The molecule has 4 rings (SSSR count). The zero-order chi connectivity index (χ0) is 25.2. The van der Waals surface area contributed by atoms with E-state index in [1.54, 1.807) is 6.07 Å². The predicted molar refractivity (Wildman–Crippen MR) is 116 cm³/mol. The summed E-state index contributed by atoms with van der Waals surface area (Å²) in [6.07, 6.45) is -1.20. The minimum atomic E-state index is -4.50. The van der Waals surface area contributed by atoms with Crippen LogP contribution in [0.4, 0.5) is 22.0 Å². The van der Waals surface area contributed by atoms with Crippen molar-refractivity contribution in [3.63, 3.8) is 0 Å². The first kappa shape index (κ1) is 24.5. The van der Waals surface area contributed by atoms with Crippen molar-refractivity contribution in [1.82, 2.24) is 15.1 Å². The van der Waals surface area contributed by atoms with Crippen molar-refractivity contribution >= 4 is 5.91 Å². The highest BCUT2D eigenvalue weighted by Crippen LogP contribution is 2.43. The molecule has 0 spiro atoms. The van der Waals surface area contributed by atoms with E-state index < -0.39 is 24.3 Å². The highest BCUT2D eigenvalue weighted by molar-refractivity contribution is 5.95. The lowest BCUT2D eigenvalue weighted by molar-refractivity contribution is -0.137. The number of methoxy groups -OCH3 is 1. The molecule has 2 aromatic carbocycles. The Bertz CT molecular complexity index is 1210. The third kappa shape index (κ3) is 5.72. The quantitative estimate of drug-likeness (QED) is 0.407. The molecule has 35 heavy (non-hydrogen) atoms. The summed E-state index contributed by atoms with van der Waals surface area (Å²) in [7, 11) is 1.34. The van der Waals surface area contributed by atoms with Gasteiger partial charge in [-0.15, -0.1) is 0 Å². The Balaban J connectivity index is 1.48. The SMILES string of the molecule is COc1ccc(CCNC(=O)c2cnn(-c3cccc(C(F)(F)F)c3)c2C2CC2)cc1OC(F)F. The lowest BCUT2D eigenvalue weighted by Crippen LogP contribution is -2.26. The molecule has 1 fully saturated rings. The molecule has 1 aromatic heterocycles. The first-order chi connectivity index (χ1) is 16.7. The van der Waals surface area contributed by atoms with Gasteiger partial charge in [-0.25, -0.2) is 4.68 Å². The summed E-state index contributed by atoms with van der Waals surface area (Å²) in [5.74, 6) is -0.329. The zero-order valence-electron chi connectivity index (χ0n) is 18.6. The largest absolute Gasteiger partial charge is 0.493 e. The molecule has 11 heteroatoms. The summed E-state index contributed by atoms with van der Waals surface area (Å²) >= 11 is 0. The number of hydrogen-bond donors (Lipinski definition) is 1. The van der Waals surface area contributed by atoms with Crippen molar-refractivity contribution in [2.45, 2.75) is 38.0 Å². The van der Waals surface area contributed by atoms with E-state index in [4.69, 9.17) is 4.74 Å². The molecule has 1 aliphatic carbocycles. The average molecular weight is 495 g/mol. The molecule has 186 valence electrons. The lowest BCUT2D eigenvalue weighted by atomic mass is 10.1. The van der Waals surface area contributed by atoms with Crippen LogP contribution in [0, 0.1) is 0 Å². The van der Waals surface area contributed by atoms with Crippen LogP contribution in [0.3, 0.4) is 0 Å². The van der Waals surface area contributed by atoms with Gasteiger partial charge in [0.05, 0.1) is 35.8 Å². The highest BCUT2D eigenvalue weighted by atomic mass is 19.4. The molecule has 3 aromatic rings. The molecule has 0 bridgehead atoms. The topological polar surface area (TPSA) is 65.4 Å². The van der Waals surface area contributed by atoms with Gasteiger partial charge < -0.3 is 14.8 Å². The van der Waals surface area contributed by atoms with Crippen LogP contribution in [0.5, 0.6) is 11.5 Å². The molecular weight excluding hydrogens is 473 g/mol. The third-order valence-corrected chi connectivity index (χ3v) is 5.58. The number of carbonyl (C=O) groups is 1.